The Balaban J connectivity index is 2.15. The number of aromatic nitrogens is 1. The molecule has 0 spiro atoms. The molecule has 1 aliphatic heterocycles. The molecule has 2 heterocycles. The maximum absolute atomic E-state index is 8.95. The summed E-state index contributed by atoms with van der Waals surface area (Å²) in [5, 5.41) is 9.48. The zero-order chi connectivity index (χ0) is 10.7. The Labute approximate surface area is 94.0 Å². The molecule has 80 valence electrons. The van der Waals surface area contributed by atoms with Gasteiger partial charge in [-0.2, -0.15) is 0 Å². The highest BCUT2D eigenvalue weighted by Gasteiger charge is 2.12. The summed E-state index contributed by atoms with van der Waals surface area (Å²) in [4.78, 5) is 6.23. The van der Waals surface area contributed by atoms with E-state index in [0.29, 0.717) is 5.15 Å². The minimum absolute atomic E-state index is 0.118. The number of aliphatic hydroxyl groups excluding tert-OH is 1. The van der Waals surface area contributed by atoms with Gasteiger partial charge in [-0.25, -0.2) is 4.98 Å². The Kier molecular flexibility index (Phi) is 3.36. The zero-order valence-corrected chi connectivity index (χ0v) is 9.11. The van der Waals surface area contributed by atoms with E-state index in [-0.39, 0.29) is 6.73 Å². The summed E-state index contributed by atoms with van der Waals surface area (Å²) < 4.78 is 0. The lowest BCUT2D eigenvalue weighted by atomic mass is 10.0. The van der Waals surface area contributed by atoms with E-state index in [1.54, 1.807) is 6.07 Å². The van der Waals surface area contributed by atoms with Gasteiger partial charge in [0.25, 0.3) is 0 Å². The second-order valence-electron chi connectivity index (χ2n) is 3.54. The minimum Gasteiger partial charge on any atom is -0.381 e. The molecule has 0 saturated heterocycles. The van der Waals surface area contributed by atoms with E-state index in [1.165, 1.54) is 5.57 Å². The van der Waals surface area contributed by atoms with Gasteiger partial charge < -0.3 is 5.11 Å². The summed E-state index contributed by atoms with van der Waals surface area (Å²) in [5.74, 6) is 0. The molecule has 0 radical (unpaired) electrons. The van der Waals surface area contributed by atoms with E-state index in [0.717, 1.165) is 25.2 Å². The van der Waals surface area contributed by atoms with E-state index >= 15 is 0 Å². The summed E-state index contributed by atoms with van der Waals surface area (Å²) in [5.41, 5.74) is 2.15. The van der Waals surface area contributed by atoms with Gasteiger partial charge in [-0.15, -0.1) is 0 Å². The molecule has 0 aliphatic carbocycles. The molecule has 2 rings (SSSR count). The molecular weight excluding hydrogens is 212 g/mol. The molecule has 1 aromatic rings. The molecule has 0 aromatic carbocycles. The van der Waals surface area contributed by atoms with Crippen molar-refractivity contribution in [2.45, 2.75) is 6.42 Å². The van der Waals surface area contributed by atoms with Crippen LogP contribution < -0.4 is 0 Å². The van der Waals surface area contributed by atoms with Gasteiger partial charge in [0.2, 0.25) is 0 Å². The van der Waals surface area contributed by atoms with Crippen molar-refractivity contribution >= 4 is 17.2 Å². The lowest BCUT2D eigenvalue weighted by Crippen LogP contribution is -2.29. The fraction of sp³-hybridized carbons (Fsp3) is 0.364. The number of hydrogen-bond acceptors (Lipinski definition) is 3. The molecule has 0 amide bonds. The van der Waals surface area contributed by atoms with Crippen LogP contribution in [0.4, 0.5) is 0 Å². The Morgan fingerprint density at radius 3 is 2.93 bits per heavy atom. The molecule has 0 atom stereocenters. The first-order valence-corrected chi connectivity index (χ1v) is 5.32. The van der Waals surface area contributed by atoms with Crippen molar-refractivity contribution in [1.29, 1.82) is 0 Å². The van der Waals surface area contributed by atoms with Crippen LogP contribution in [0, 0.1) is 0 Å². The molecule has 0 bridgehead atoms. The van der Waals surface area contributed by atoms with E-state index in [9.17, 15) is 0 Å². The van der Waals surface area contributed by atoms with Crippen LogP contribution in [0.2, 0.25) is 5.15 Å². The van der Waals surface area contributed by atoms with Gasteiger partial charge in [0.15, 0.2) is 0 Å². The van der Waals surface area contributed by atoms with Crippen LogP contribution in [0.15, 0.2) is 24.3 Å². The van der Waals surface area contributed by atoms with Gasteiger partial charge >= 0.3 is 0 Å². The Morgan fingerprint density at radius 1 is 1.47 bits per heavy atom. The van der Waals surface area contributed by atoms with E-state index in [1.807, 2.05) is 17.0 Å². The van der Waals surface area contributed by atoms with Crippen molar-refractivity contribution in [2.24, 2.45) is 0 Å². The standard InChI is InChI=1S/C11H13ClN2O/c12-11-3-1-2-10(13-11)9-4-6-14(8-15)7-5-9/h1-4,15H,5-8H2. The predicted octanol–water partition coefficient (Wildman–Crippen LogP) is 1.77. The van der Waals surface area contributed by atoms with Crippen LogP contribution in [-0.4, -0.2) is 34.8 Å². The molecule has 1 N–H and O–H groups in total. The highest BCUT2D eigenvalue weighted by atomic mass is 35.5. The van der Waals surface area contributed by atoms with Gasteiger partial charge in [-0.3, -0.25) is 4.90 Å². The average molecular weight is 225 g/mol. The lowest BCUT2D eigenvalue weighted by molar-refractivity contribution is 0.118. The van der Waals surface area contributed by atoms with Crippen LogP contribution in [0.1, 0.15) is 12.1 Å². The first-order valence-electron chi connectivity index (χ1n) is 4.95. The number of pyridine rings is 1. The molecular formula is C11H13ClN2O. The maximum Gasteiger partial charge on any atom is 0.129 e. The van der Waals surface area contributed by atoms with Crippen LogP contribution in [0.5, 0.6) is 0 Å². The van der Waals surface area contributed by atoms with E-state index in [2.05, 4.69) is 11.1 Å². The van der Waals surface area contributed by atoms with Crippen molar-refractivity contribution < 1.29 is 5.11 Å². The monoisotopic (exact) mass is 224 g/mol. The van der Waals surface area contributed by atoms with Crippen LogP contribution in [0.25, 0.3) is 5.57 Å². The van der Waals surface area contributed by atoms with Crippen LogP contribution in [0.3, 0.4) is 0 Å². The number of nitrogens with zero attached hydrogens (tertiary/aromatic N) is 2. The first kappa shape index (κ1) is 10.6. The fourth-order valence-electron chi connectivity index (χ4n) is 1.66. The SMILES string of the molecule is OCN1CC=C(c2cccc(Cl)n2)CC1. The predicted molar refractivity (Wildman–Crippen MR) is 60.5 cm³/mol. The summed E-state index contributed by atoms with van der Waals surface area (Å²) in [6.45, 7) is 1.77. The summed E-state index contributed by atoms with van der Waals surface area (Å²) >= 11 is 5.83. The zero-order valence-electron chi connectivity index (χ0n) is 8.36. The smallest absolute Gasteiger partial charge is 0.129 e. The van der Waals surface area contributed by atoms with Crippen molar-refractivity contribution in [3.05, 3.63) is 35.1 Å². The number of aliphatic hydroxyl groups is 1. The Hall–Kier alpha value is -0.900. The van der Waals surface area contributed by atoms with Gasteiger partial charge in [0.05, 0.1) is 12.4 Å². The summed E-state index contributed by atoms with van der Waals surface area (Å²) in [7, 11) is 0. The fourth-order valence-corrected chi connectivity index (χ4v) is 1.82. The van der Waals surface area contributed by atoms with E-state index in [4.69, 9.17) is 16.7 Å². The Bertz CT molecular complexity index is 379. The third-order valence-corrected chi connectivity index (χ3v) is 2.75. The second-order valence-corrected chi connectivity index (χ2v) is 3.93. The Morgan fingerprint density at radius 2 is 2.33 bits per heavy atom. The molecule has 1 aromatic heterocycles. The highest BCUT2D eigenvalue weighted by Crippen LogP contribution is 2.21. The number of hydrogen-bond donors (Lipinski definition) is 1. The van der Waals surface area contributed by atoms with Crippen LogP contribution >= 0.6 is 11.6 Å². The van der Waals surface area contributed by atoms with E-state index < -0.39 is 0 Å². The summed E-state index contributed by atoms with van der Waals surface area (Å²) in [6, 6.07) is 5.64. The molecule has 15 heavy (non-hydrogen) atoms. The largest absolute Gasteiger partial charge is 0.381 e. The molecule has 0 unspecified atom stereocenters. The molecule has 0 saturated carbocycles. The third-order valence-electron chi connectivity index (χ3n) is 2.54. The summed E-state index contributed by atoms with van der Waals surface area (Å²) in [6.07, 6.45) is 3.01. The van der Waals surface area contributed by atoms with Gasteiger partial charge in [0.1, 0.15) is 5.15 Å². The normalized spacial score (nSPS) is 17.6. The number of halogens is 1. The lowest BCUT2D eigenvalue weighted by Gasteiger charge is -2.23. The highest BCUT2D eigenvalue weighted by molar-refractivity contribution is 6.29. The first-order chi connectivity index (χ1) is 7.29. The van der Waals surface area contributed by atoms with Crippen molar-refractivity contribution in [3.63, 3.8) is 0 Å². The molecule has 1 aliphatic rings. The van der Waals surface area contributed by atoms with Gasteiger partial charge in [-0.05, 0) is 24.1 Å². The van der Waals surface area contributed by atoms with Crippen LogP contribution in [-0.2, 0) is 0 Å². The van der Waals surface area contributed by atoms with Gasteiger partial charge in [-0.1, -0.05) is 23.7 Å². The van der Waals surface area contributed by atoms with Crippen molar-refractivity contribution in [2.75, 3.05) is 19.8 Å². The molecule has 0 fully saturated rings. The quantitative estimate of drug-likeness (QED) is 0.778. The maximum atomic E-state index is 8.95. The second kappa shape index (κ2) is 4.75. The minimum atomic E-state index is 0.118. The van der Waals surface area contributed by atoms with Crippen molar-refractivity contribution in [1.82, 2.24) is 9.88 Å². The topological polar surface area (TPSA) is 36.4 Å². The molecule has 3 nitrogen and oxygen atoms in total. The molecule has 4 heteroatoms. The van der Waals surface area contributed by atoms with Gasteiger partial charge in [0, 0.05) is 13.1 Å². The number of rotatable bonds is 2. The van der Waals surface area contributed by atoms with Crippen molar-refractivity contribution in [3.8, 4) is 0 Å². The third kappa shape index (κ3) is 2.56. The average Bonchev–Trinajstić information content (AvgIpc) is 2.29.